The van der Waals surface area contributed by atoms with Crippen molar-refractivity contribution in [3.63, 3.8) is 0 Å². The molecule has 2 fully saturated rings. The predicted octanol–water partition coefficient (Wildman–Crippen LogP) is 2.84. The molecule has 120 valence electrons. The number of nitrogens with zero attached hydrogens (tertiary/aromatic N) is 2. The van der Waals surface area contributed by atoms with Crippen LogP contribution in [0.3, 0.4) is 0 Å². The van der Waals surface area contributed by atoms with Gasteiger partial charge in [-0.3, -0.25) is 9.78 Å². The first-order chi connectivity index (χ1) is 11.2. The molecule has 0 aliphatic carbocycles. The van der Waals surface area contributed by atoms with Crippen LogP contribution < -0.4 is 10.2 Å². The minimum Gasteiger partial charge on any atom is -0.370 e. The zero-order chi connectivity index (χ0) is 15.9. The molecule has 1 spiro atoms. The van der Waals surface area contributed by atoms with E-state index in [9.17, 15) is 4.79 Å². The Hall–Kier alpha value is -2.01. The first kappa shape index (κ1) is 14.6. The van der Waals surface area contributed by atoms with Gasteiger partial charge in [0.1, 0.15) is 0 Å². The molecule has 1 amide bonds. The largest absolute Gasteiger partial charge is 0.370 e. The van der Waals surface area contributed by atoms with Gasteiger partial charge in [-0.15, -0.1) is 0 Å². The number of H-pyrrole nitrogens is 1. The van der Waals surface area contributed by atoms with E-state index in [1.165, 1.54) is 0 Å². The van der Waals surface area contributed by atoms with Crippen LogP contribution in [0.25, 0.3) is 11.1 Å². The Balaban J connectivity index is 1.64. The molecule has 2 aromatic heterocycles. The van der Waals surface area contributed by atoms with Gasteiger partial charge in [0, 0.05) is 55.5 Å². The minimum atomic E-state index is -0.162. The molecule has 23 heavy (non-hydrogen) atoms. The zero-order valence-corrected chi connectivity index (χ0v) is 13.6. The molecule has 0 atom stereocenters. The van der Waals surface area contributed by atoms with Gasteiger partial charge in [0.15, 0.2) is 0 Å². The Morgan fingerprint density at radius 2 is 2.04 bits per heavy atom. The van der Waals surface area contributed by atoms with Crippen molar-refractivity contribution in [2.24, 2.45) is 5.41 Å². The molecule has 0 radical (unpaired) electrons. The van der Waals surface area contributed by atoms with E-state index in [-0.39, 0.29) is 11.3 Å². The van der Waals surface area contributed by atoms with Crippen LogP contribution in [0.2, 0.25) is 5.02 Å². The van der Waals surface area contributed by atoms with E-state index in [0.29, 0.717) is 5.02 Å². The van der Waals surface area contributed by atoms with Crippen LogP contribution in [0.1, 0.15) is 19.3 Å². The molecule has 0 saturated carbocycles. The second-order valence-corrected chi connectivity index (χ2v) is 6.80. The highest BCUT2D eigenvalue weighted by Crippen LogP contribution is 2.43. The van der Waals surface area contributed by atoms with Crippen LogP contribution >= 0.6 is 11.6 Å². The van der Waals surface area contributed by atoms with E-state index in [4.69, 9.17) is 11.6 Å². The summed E-state index contributed by atoms with van der Waals surface area (Å²) >= 11 is 6.47. The number of carbonyl (C=O) groups excluding carboxylic acids is 1. The van der Waals surface area contributed by atoms with E-state index in [0.717, 1.165) is 55.7 Å². The second-order valence-electron chi connectivity index (χ2n) is 6.39. The molecule has 4 heterocycles. The smallest absolute Gasteiger partial charge is 0.226 e. The highest BCUT2D eigenvalue weighted by atomic mass is 35.5. The zero-order valence-electron chi connectivity index (χ0n) is 12.8. The third-order valence-corrected chi connectivity index (χ3v) is 5.47. The molecule has 2 N–H and O–H groups in total. The Morgan fingerprint density at radius 3 is 2.70 bits per heavy atom. The van der Waals surface area contributed by atoms with Gasteiger partial charge in [-0.25, -0.2) is 0 Å². The molecule has 0 unspecified atom stereocenters. The van der Waals surface area contributed by atoms with Crippen LogP contribution in [0.4, 0.5) is 5.69 Å². The fraction of sp³-hybridized carbons (Fsp3) is 0.412. The van der Waals surface area contributed by atoms with Crippen molar-refractivity contribution in [2.75, 3.05) is 24.5 Å². The lowest BCUT2D eigenvalue weighted by Gasteiger charge is -2.39. The first-order valence-corrected chi connectivity index (χ1v) is 8.37. The number of amides is 1. The summed E-state index contributed by atoms with van der Waals surface area (Å²) in [5, 5.41) is 3.64. The monoisotopic (exact) mass is 330 g/mol. The van der Waals surface area contributed by atoms with Crippen LogP contribution in [0.15, 0.2) is 30.9 Å². The number of hydrogen-bond donors (Lipinski definition) is 2. The molecule has 6 heteroatoms. The average molecular weight is 331 g/mol. The summed E-state index contributed by atoms with van der Waals surface area (Å²) in [5.74, 6) is 0.226. The van der Waals surface area contributed by atoms with Gasteiger partial charge in [0.05, 0.1) is 16.1 Å². The van der Waals surface area contributed by atoms with Gasteiger partial charge in [-0.05, 0) is 25.3 Å². The maximum Gasteiger partial charge on any atom is 0.226 e. The van der Waals surface area contributed by atoms with E-state index < -0.39 is 0 Å². The SMILES string of the molecule is O=C1NCCC12CCN(c1c(Cl)cncc1-c1cc[nH]c1)CC2. The van der Waals surface area contributed by atoms with Gasteiger partial charge in [0.25, 0.3) is 0 Å². The third-order valence-electron chi connectivity index (χ3n) is 5.19. The fourth-order valence-electron chi connectivity index (χ4n) is 3.80. The van der Waals surface area contributed by atoms with E-state index >= 15 is 0 Å². The lowest BCUT2D eigenvalue weighted by atomic mass is 9.77. The molecular formula is C17H19ClN4O. The Morgan fingerprint density at radius 1 is 1.22 bits per heavy atom. The summed E-state index contributed by atoms with van der Waals surface area (Å²) in [6.45, 7) is 2.49. The topological polar surface area (TPSA) is 61.0 Å². The minimum absolute atomic E-state index is 0.162. The van der Waals surface area contributed by atoms with Crippen LogP contribution in [-0.4, -0.2) is 35.5 Å². The Kier molecular flexibility index (Phi) is 3.53. The number of hydrogen-bond acceptors (Lipinski definition) is 3. The molecule has 4 rings (SSSR count). The summed E-state index contributed by atoms with van der Waals surface area (Å²) < 4.78 is 0. The van der Waals surface area contributed by atoms with Crippen LogP contribution in [-0.2, 0) is 4.79 Å². The number of carbonyl (C=O) groups is 1. The Labute approximate surface area is 140 Å². The van der Waals surface area contributed by atoms with Gasteiger partial charge in [-0.1, -0.05) is 11.6 Å². The molecule has 2 saturated heterocycles. The summed E-state index contributed by atoms with van der Waals surface area (Å²) in [6.07, 6.45) is 10.1. The number of aromatic amines is 1. The quantitative estimate of drug-likeness (QED) is 0.890. The van der Waals surface area contributed by atoms with Crippen molar-refractivity contribution in [3.05, 3.63) is 35.9 Å². The number of rotatable bonds is 2. The standard InChI is InChI=1S/C17H19ClN4O/c18-14-11-20-10-13(12-1-5-19-9-12)15(14)22-7-3-17(4-8-22)2-6-21-16(17)23/h1,5,9-11,19H,2-4,6-8H2,(H,21,23). The van der Waals surface area contributed by atoms with Crippen molar-refractivity contribution >= 4 is 23.2 Å². The summed E-state index contributed by atoms with van der Waals surface area (Å²) in [5.41, 5.74) is 2.97. The number of aromatic nitrogens is 2. The van der Waals surface area contributed by atoms with Crippen LogP contribution in [0, 0.1) is 5.41 Å². The third kappa shape index (κ3) is 2.39. The van der Waals surface area contributed by atoms with Gasteiger partial charge in [0.2, 0.25) is 5.91 Å². The summed E-state index contributed by atoms with van der Waals surface area (Å²) in [6, 6.07) is 2.02. The van der Waals surface area contributed by atoms with E-state index in [1.54, 1.807) is 6.20 Å². The maximum absolute atomic E-state index is 12.1. The summed E-state index contributed by atoms with van der Waals surface area (Å²) in [4.78, 5) is 21.8. The number of anilines is 1. The molecule has 2 aromatic rings. The Bertz CT molecular complexity index is 720. The molecule has 0 bridgehead atoms. The van der Waals surface area contributed by atoms with Gasteiger partial charge in [-0.2, -0.15) is 0 Å². The van der Waals surface area contributed by atoms with Crippen molar-refractivity contribution in [1.29, 1.82) is 0 Å². The average Bonchev–Trinajstić information content (AvgIpc) is 3.20. The van der Waals surface area contributed by atoms with Gasteiger partial charge >= 0.3 is 0 Å². The highest BCUT2D eigenvalue weighted by Gasteiger charge is 2.44. The van der Waals surface area contributed by atoms with E-state index in [1.807, 2.05) is 24.7 Å². The fourth-order valence-corrected chi connectivity index (χ4v) is 4.08. The second kappa shape index (κ2) is 5.57. The number of nitrogens with one attached hydrogen (secondary N) is 2. The summed E-state index contributed by atoms with van der Waals surface area (Å²) in [7, 11) is 0. The normalized spacial score (nSPS) is 20.0. The highest BCUT2D eigenvalue weighted by molar-refractivity contribution is 6.33. The molecule has 2 aliphatic rings. The number of pyridine rings is 1. The lowest BCUT2D eigenvalue weighted by Crippen LogP contribution is -2.44. The molecule has 5 nitrogen and oxygen atoms in total. The van der Waals surface area contributed by atoms with Crippen molar-refractivity contribution in [2.45, 2.75) is 19.3 Å². The first-order valence-electron chi connectivity index (χ1n) is 8.00. The molecule has 0 aromatic carbocycles. The number of piperidine rings is 1. The molecule has 2 aliphatic heterocycles. The maximum atomic E-state index is 12.1. The van der Waals surface area contributed by atoms with Crippen molar-refractivity contribution in [1.82, 2.24) is 15.3 Å². The predicted molar refractivity (Wildman–Crippen MR) is 90.5 cm³/mol. The van der Waals surface area contributed by atoms with Crippen molar-refractivity contribution in [3.8, 4) is 11.1 Å². The lowest BCUT2D eigenvalue weighted by molar-refractivity contribution is -0.128. The van der Waals surface area contributed by atoms with Crippen molar-refractivity contribution < 1.29 is 4.79 Å². The number of halogens is 1. The van der Waals surface area contributed by atoms with Gasteiger partial charge < -0.3 is 15.2 Å². The van der Waals surface area contributed by atoms with E-state index in [2.05, 4.69) is 20.2 Å². The van der Waals surface area contributed by atoms with Crippen LogP contribution in [0.5, 0.6) is 0 Å². The molecular weight excluding hydrogens is 312 g/mol.